The lowest BCUT2D eigenvalue weighted by atomic mass is 10.2. The summed E-state index contributed by atoms with van der Waals surface area (Å²) >= 11 is 0. The molecule has 0 unspecified atom stereocenters. The van der Waals surface area contributed by atoms with Gasteiger partial charge < -0.3 is 19.9 Å². The van der Waals surface area contributed by atoms with Gasteiger partial charge in [0, 0.05) is 26.5 Å². The number of hydrogen-bond acceptors (Lipinski definition) is 8. The molecule has 1 aromatic rings. The monoisotopic (exact) mass is 335 g/mol. The van der Waals surface area contributed by atoms with Crippen molar-refractivity contribution in [3.05, 3.63) is 22.2 Å². The highest BCUT2D eigenvalue weighted by molar-refractivity contribution is 5.66. The van der Waals surface area contributed by atoms with Gasteiger partial charge in [-0.3, -0.25) is 14.2 Å². The maximum absolute atomic E-state index is 12.0. The number of rotatable bonds is 4. The van der Waals surface area contributed by atoms with Gasteiger partial charge in [-0.25, -0.2) is 4.79 Å². The van der Waals surface area contributed by atoms with E-state index in [0.29, 0.717) is 0 Å². The van der Waals surface area contributed by atoms with Crippen LogP contribution in [0.1, 0.15) is 32.1 Å². The molecule has 0 aromatic carbocycles. The van der Waals surface area contributed by atoms with Crippen LogP contribution in [0, 0.1) is 12.3 Å². The van der Waals surface area contributed by atoms with E-state index in [-0.39, 0.29) is 24.4 Å². The van der Waals surface area contributed by atoms with E-state index in [9.17, 15) is 14.4 Å². The van der Waals surface area contributed by atoms with E-state index in [4.69, 9.17) is 26.4 Å². The van der Waals surface area contributed by atoms with Crippen molar-refractivity contribution in [1.29, 1.82) is 0 Å². The molecular weight excluding hydrogens is 318 g/mol. The zero-order valence-electron chi connectivity index (χ0n) is 13.2. The van der Waals surface area contributed by atoms with Crippen molar-refractivity contribution in [1.82, 2.24) is 9.55 Å². The average molecular weight is 335 g/mol. The van der Waals surface area contributed by atoms with E-state index < -0.39 is 36.1 Å². The Morgan fingerprint density at radius 3 is 2.79 bits per heavy atom. The van der Waals surface area contributed by atoms with Crippen LogP contribution in [0.25, 0.3) is 0 Å². The number of esters is 2. The van der Waals surface area contributed by atoms with Crippen molar-refractivity contribution in [2.75, 3.05) is 12.3 Å². The Hall–Kier alpha value is -2.86. The van der Waals surface area contributed by atoms with Crippen molar-refractivity contribution in [3.8, 4) is 12.3 Å². The molecule has 128 valence electrons. The first kappa shape index (κ1) is 17.5. The Labute approximate surface area is 137 Å². The summed E-state index contributed by atoms with van der Waals surface area (Å²) in [5.41, 5.74) is 5.16. The molecule has 9 nitrogen and oxygen atoms in total. The molecule has 1 aromatic heterocycles. The number of nitrogens with two attached hydrogens (primary N) is 1. The van der Waals surface area contributed by atoms with Gasteiger partial charge in [0.25, 0.3) is 0 Å². The number of hydrogen-bond donors (Lipinski definition) is 1. The first-order chi connectivity index (χ1) is 11.3. The lowest BCUT2D eigenvalue weighted by molar-refractivity contribution is -0.155. The standard InChI is InChI=1S/C15H17N3O6/c1-4-10-6-18(15(21)17-14(10)16)13-5-11(23-9(3)20)12(24-13)7-22-8(2)19/h1,6,11-13H,5,7H2,2-3H3,(H2,16,17,21)/t11-,12+,13+/m0/s1. The minimum Gasteiger partial charge on any atom is -0.463 e. The molecule has 9 heteroatoms. The molecule has 1 aliphatic rings. The summed E-state index contributed by atoms with van der Waals surface area (Å²) in [6, 6.07) is 0. The molecule has 0 radical (unpaired) electrons. The number of aromatic nitrogens is 2. The molecule has 1 aliphatic heterocycles. The Kier molecular flexibility index (Phi) is 5.21. The Morgan fingerprint density at radius 2 is 2.21 bits per heavy atom. The van der Waals surface area contributed by atoms with Crippen molar-refractivity contribution in [2.24, 2.45) is 0 Å². The van der Waals surface area contributed by atoms with Crippen molar-refractivity contribution < 1.29 is 23.8 Å². The maximum atomic E-state index is 12.0. The fourth-order valence-electron chi connectivity index (χ4n) is 2.36. The quantitative estimate of drug-likeness (QED) is 0.582. The Morgan fingerprint density at radius 1 is 1.50 bits per heavy atom. The molecule has 3 atom stereocenters. The van der Waals surface area contributed by atoms with Gasteiger partial charge in [-0.05, 0) is 0 Å². The molecule has 2 N–H and O–H groups in total. The highest BCUT2D eigenvalue weighted by Gasteiger charge is 2.39. The second kappa shape index (κ2) is 7.14. The maximum Gasteiger partial charge on any atom is 0.351 e. The summed E-state index contributed by atoms with van der Waals surface area (Å²) in [5.74, 6) is 1.27. The molecule has 24 heavy (non-hydrogen) atoms. The van der Waals surface area contributed by atoms with Gasteiger partial charge in [0.1, 0.15) is 30.9 Å². The molecule has 0 amide bonds. The fraction of sp³-hybridized carbons (Fsp3) is 0.467. The lowest BCUT2D eigenvalue weighted by Crippen LogP contribution is -2.31. The number of ether oxygens (including phenoxy) is 3. The van der Waals surface area contributed by atoms with Crippen LogP contribution in [0.3, 0.4) is 0 Å². The van der Waals surface area contributed by atoms with Gasteiger partial charge in [0.05, 0.1) is 5.56 Å². The number of anilines is 1. The third-order valence-corrected chi connectivity index (χ3v) is 3.40. The predicted octanol–water partition coefficient (Wildman–Crippen LogP) is -0.411. The molecule has 0 saturated carbocycles. The highest BCUT2D eigenvalue weighted by atomic mass is 16.6. The highest BCUT2D eigenvalue weighted by Crippen LogP contribution is 2.30. The zero-order chi connectivity index (χ0) is 17.9. The van der Waals surface area contributed by atoms with Crippen molar-refractivity contribution >= 4 is 17.8 Å². The van der Waals surface area contributed by atoms with Crippen LogP contribution in [0.5, 0.6) is 0 Å². The van der Waals surface area contributed by atoms with Crippen LogP contribution < -0.4 is 11.4 Å². The first-order valence-electron chi connectivity index (χ1n) is 7.13. The summed E-state index contributed by atoms with van der Waals surface area (Å²) < 4.78 is 16.9. The normalized spacial score (nSPS) is 22.6. The van der Waals surface area contributed by atoms with Gasteiger partial charge in [-0.2, -0.15) is 4.98 Å². The summed E-state index contributed by atoms with van der Waals surface area (Å²) in [7, 11) is 0. The van der Waals surface area contributed by atoms with Crippen LogP contribution in [-0.4, -0.2) is 40.3 Å². The summed E-state index contributed by atoms with van der Waals surface area (Å²) in [4.78, 5) is 37.9. The van der Waals surface area contributed by atoms with E-state index in [1.807, 2.05) is 0 Å². The SMILES string of the molecule is C#Cc1cn([C@H]2C[C@H](OC(C)=O)[C@@H](COC(C)=O)O2)c(=O)nc1N. The van der Waals surface area contributed by atoms with E-state index in [0.717, 1.165) is 0 Å². The topological polar surface area (TPSA) is 123 Å². The minimum atomic E-state index is -0.775. The second-order valence-corrected chi connectivity index (χ2v) is 5.19. The number of carbonyl (C=O) groups is 2. The molecule has 2 heterocycles. The number of nitrogen functional groups attached to an aromatic ring is 1. The average Bonchev–Trinajstić information content (AvgIpc) is 2.87. The van der Waals surface area contributed by atoms with Gasteiger partial charge in [0.15, 0.2) is 0 Å². The number of carbonyl (C=O) groups excluding carboxylic acids is 2. The molecule has 0 bridgehead atoms. The van der Waals surface area contributed by atoms with Crippen molar-refractivity contribution in [2.45, 2.75) is 38.7 Å². The Bertz CT molecular complexity index is 751. The molecule has 0 spiro atoms. The van der Waals surface area contributed by atoms with E-state index >= 15 is 0 Å². The summed E-state index contributed by atoms with van der Waals surface area (Å²) in [5, 5.41) is 0. The minimum absolute atomic E-state index is 0.0512. The Balaban J connectivity index is 2.26. The molecule has 0 aliphatic carbocycles. The van der Waals surface area contributed by atoms with Gasteiger partial charge in [-0.15, -0.1) is 6.42 Å². The van der Waals surface area contributed by atoms with Crippen LogP contribution in [-0.2, 0) is 23.8 Å². The zero-order valence-corrected chi connectivity index (χ0v) is 13.2. The molecule has 1 saturated heterocycles. The largest absolute Gasteiger partial charge is 0.463 e. The smallest absolute Gasteiger partial charge is 0.351 e. The van der Waals surface area contributed by atoms with Crippen molar-refractivity contribution in [3.63, 3.8) is 0 Å². The number of terminal acetylenes is 1. The van der Waals surface area contributed by atoms with E-state index in [2.05, 4.69) is 10.9 Å². The van der Waals surface area contributed by atoms with Crippen LogP contribution in [0.15, 0.2) is 11.0 Å². The fourth-order valence-corrected chi connectivity index (χ4v) is 2.36. The van der Waals surface area contributed by atoms with E-state index in [1.165, 1.54) is 24.6 Å². The second-order valence-electron chi connectivity index (χ2n) is 5.19. The molecule has 1 fully saturated rings. The molecular formula is C15H17N3O6. The van der Waals surface area contributed by atoms with Crippen LogP contribution in [0.4, 0.5) is 5.82 Å². The van der Waals surface area contributed by atoms with Gasteiger partial charge >= 0.3 is 17.6 Å². The summed E-state index contributed by atoms with van der Waals surface area (Å²) in [6.07, 6.45) is 4.70. The molecule has 2 rings (SSSR count). The first-order valence-corrected chi connectivity index (χ1v) is 7.13. The van der Waals surface area contributed by atoms with Crippen LogP contribution >= 0.6 is 0 Å². The summed E-state index contributed by atoms with van der Waals surface area (Å²) in [6.45, 7) is 2.40. The van der Waals surface area contributed by atoms with Gasteiger partial charge in [0.2, 0.25) is 0 Å². The lowest BCUT2D eigenvalue weighted by Gasteiger charge is -2.17. The third kappa shape index (κ3) is 3.91. The third-order valence-electron chi connectivity index (χ3n) is 3.40. The van der Waals surface area contributed by atoms with Crippen LogP contribution in [0.2, 0.25) is 0 Å². The number of nitrogens with zero attached hydrogens (tertiary/aromatic N) is 2. The predicted molar refractivity (Wildman–Crippen MR) is 81.6 cm³/mol. The van der Waals surface area contributed by atoms with Gasteiger partial charge in [-0.1, -0.05) is 5.92 Å². The van der Waals surface area contributed by atoms with E-state index in [1.54, 1.807) is 0 Å².